The summed E-state index contributed by atoms with van der Waals surface area (Å²) >= 11 is 0. The van der Waals surface area contributed by atoms with E-state index in [0.717, 1.165) is 0 Å². The van der Waals surface area contributed by atoms with E-state index in [2.05, 4.69) is 20.4 Å². The molecule has 3 rings (SSSR count). The zero-order valence-electron chi connectivity index (χ0n) is 12.7. The monoisotopic (exact) mass is 325 g/mol. The van der Waals surface area contributed by atoms with E-state index in [1.54, 1.807) is 0 Å². The van der Waals surface area contributed by atoms with Crippen LogP contribution in [0.1, 0.15) is 20.1 Å². The van der Waals surface area contributed by atoms with Gasteiger partial charge in [0.25, 0.3) is 0 Å². The Morgan fingerprint density at radius 2 is 2.22 bits per heavy atom. The number of fused-ring (bicyclic) bond motifs is 1. The summed E-state index contributed by atoms with van der Waals surface area (Å²) < 4.78 is 7.07. The number of rotatable bonds is 5. The summed E-state index contributed by atoms with van der Waals surface area (Å²) in [5.74, 6) is 0.382. The second kappa shape index (κ2) is 5.98. The van der Waals surface area contributed by atoms with Gasteiger partial charge in [0.15, 0.2) is 23.2 Å². The molecule has 10 heteroatoms. The Balaban J connectivity index is 2.01. The van der Waals surface area contributed by atoms with E-state index in [1.807, 2.05) is 6.92 Å². The van der Waals surface area contributed by atoms with Crippen LogP contribution in [0, 0.1) is 0 Å². The molecule has 4 N–H and O–H groups in total. The molecule has 1 aliphatic rings. The summed E-state index contributed by atoms with van der Waals surface area (Å²) in [6.07, 6.45) is -0.323. The molecule has 23 heavy (non-hydrogen) atoms. The summed E-state index contributed by atoms with van der Waals surface area (Å²) in [7, 11) is 0. The fourth-order valence-electron chi connectivity index (χ4n) is 2.63. The average Bonchev–Trinajstić information content (AvgIpc) is 3.06. The Morgan fingerprint density at radius 1 is 1.43 bits per heavy atom. The Kier molecular flexibility index (Phi) is 4.17. The van der Waals surface area contributed by atoms with Crippen LogP contribution in [0.3, 0.4) is 0 Å². The third-order valence-corrected chi connectivity index (χ3v) is 3.86. The van der Waals surface area contributed by atoms with Gasteiger partial charge in [0.1, 0.15) is 24.1 Å². The minimum Gasteiger partial charge on any atom is -0.394 e. The number of hydrogen-bond acceptors (Lipinski definition) is 9. The van der Waals surface area contributed by atoms with Crippen molar-refractivity contribution in [3.8, 4) is 0 Å². The number of aliphatic hydroxyl groups excluding tert-OH is 2. The number of imidazole rings is 1. The fourth-order valence-corrected chi connectivity index (χ4v) is 2.63. The van der Waals surface area contributed by atoms with Gasteiger partial charge in [-0.3, -0.25) is 9.40 Å². The molecule has 0 saturated carbocycles. The highest BCUT2D eigenvalue weighted by Gasteiger charge is 2.53. The Labute approximate surface area is 131 Å². The minimum absolute atomic E-state index is 0.382. The van der Waals surface area contributed by atoms with Crippen molar-refractivity contribution in [1.29, 1.82) is 0 Å². The molecule has 1 fully saturated rings. The number of ether oxygens (including phenoxy) is 1. The maximum atomic E-state index is 10.5. The zero-order chi connectivity index (χ0) is 16.6. The predicted octanol–water partition coefficient (Wildman–Crippen LogP) is -0.809. The van der Waals surface area contributed by atoms with Gasteiger partial charge in [-0.05, 0) is 13.8 Å². The molecule has 4 atom stereocenters. The maximum Gasteiger partial charge on any atom is 0.181 e. The molecule has 1 aliphatic heterocycles. The second-order valence-electron chi connectivity index (χ2n) is 5.46. The van der Waals surface area contributed by atoms with Gasteiger partial charge >= 0.3 is 0 Å². The number of hydrogen-bond donors (Lipinski definition) is 4. The van der Waals surface area contributed by atoms with Crippen molar-refractivity contribution in [2.24, 2.45) is 0 Å². The van der Waals surface area contributed by atoms with E-state index < -0.39 is 30.6 Å². The summed E-state index contributed by atoms with van der Waals surface area (Å²) in [6.45, 7) is 3.29. The van der Waals surface area contributed by atoms with Gasteiger partial charge in [-0.15, -0.1) is 0 Å². The van der Waals surface area contributed by atoms with Crippen LogP contribution < -0.4 is 5.48 Å². The van der Waals surface area contributed by atoms with Crippen LogP contribution in [0.25, 0.3) is 11.2 Å². The van der Waals surface area contributed by atoms with Crippen molar-refractivity contribution < 1.29 is 24.9 Å². The van der Waals surface area contributed by atoms with Crippen LogP contribution in [0.2, 0.25) is 0 Å². The molecule has 2 aromatic rings. The van der Waals surface area contributed by atoms with Crippen LogP contribution in [0.5, 0.6) is 0 Å². The standard InChI is InChI=1S/C13H19N5O5/c1-3-22-17-10-8-11(15-5-14-10)18(6-16-8)12-13(2,21)9(20)7(4-19)23-12/h5-7,9,12,19-21H,3-4H2,1-2H3,(H,14,15,17). The first-order valence-corrected chi connectivity index (χ1v) is 7.22. The first-order valence-electron chi connectivity index (χ1n) is 7.22. The highest BCUT2D eigenvalue weighted by Crippen LogP contribution is 2.39. The third kappa shape index (κ3) is 2.54. The number of nitrogens with zero attached hydrogens (tertiary/aromatic N) is 4. The lowest BCUT2D eigenvalue weighted by Gasteiger charge is -2.27. The van der Waals surface area contributed by atoms with Gasteiger partial charge in [0, 0.05) is 0 Å². The number of aromatic nitrogens is 4. The molecule has 1 saturated heterocycles. The average molecular weight is 325 g/mol. The second-order valence-corrected chi connectivity index (χ2v) is 5.46. The largest absolute Gasteiger partial charge is 0.394 e. The van der Waals surface area contributed by atoms with E-state index in [1.165, 1.54) is 24.1 Å². The molecule has 4 unspecified atom stereocenters. The third-order valence-electron chi connectivity index (χ3n) is 3.86. The molecule has 0 bridgehead atoms. The van der Waals surface area contributed by atoms with E-state index in [-0.39, 0.29) is 0 Å². The van der Waals surface area contributed by atoms with Crippen LogP contribution in [0.4, 0.5) is 5.82 Å². The number of anilines is 1. The highest BCUT2D eigenvalue weighted by molar-refractivity contribution is 5.82. The molecule has 0 amide bonds. The van der Waals surface area contributed by atoms with Gasteiger partial charge in [-0.1, -0.05) is 0 Å². The molecule has 0 aromatic carbocycles. The maximum absolute atomic E-state index is 10.5. The van der Waals surface area contributed by atoms with Crippen molar-refractivity contribution in [3.05, 3.63) is 12.7 Å². The highest BCUT2D eigenvalue weighted by atomic mass is 16.6. The topological polar surface area (TPSA) is 135 Å². The predicted molar refractivity (Wildman–Crippen MR) is 78.2 cm³/mol. The molecular formula is C13H19N5O5. The summed E-state index contributed by atoms with van der Waals surface area (Å²) in [5.41, 5.74) is 1.89. The SMILES string of the molecule is CCONc1ncnc2c1ncn2C1OC(CO)C(O)C1(C)O. The lowest BCUT2D eigenvalue weighted by atomic mass is 9.96. The summed E-state index contributed by atoms with van der Waals surface area (Å²) in [6, 6.07) is 0. The van der Waals surface area contributed by atoms with Gasteiger partial charge in [0.2, 0.25) is 0 Å². The van der Waals surface area contributed by atoms with Crippen LogP contribution in [-0.2, 0) is 9.57 Å². The lowest BCUT2D eigenvalue weighted by Crippen LogP contribution is -2.44. The van der Waals surface area contributed by atoms with Crippen molar-refractivity contribution in [2.45, 2.75) is 37.9 Å². The molecule has 3 heterocycles. The molecule has 126 valence electrons. The van der Waals surface area contributed by atoms with Crippen molar-refractivity contribution in [3.63, 3.8) is 0 Å². The summed E-state index contributed by atoms with van der Waals surface area (Å²) in [4.78, 5) is 17.5. The van der Waals surface area contributed by atoms with Crippen molar-refractivity contribution in [1.82, 2.24) is 19.5 Å². The number of nitrogens with one attached hydrogen (secondary N) is 1. The summed E-state index contributed by atoms with van der Waals surface area (Å²) in [5, 5.41) is 29.9. The zero-order valence-corrected chi connectivity index (χ0v) is 12.7. The Morgan fingerprint density at radius 3 is 2.87 bits per heavy atom. The Hall–Kier alpha value is -1.85. The normalized spacial score (nSPS) is 30.9. The van der Waals surface area contributed by atoms with Crippen LogP contribution in [-0.4, -0.2) is 65.9 Å². The van der Waals surface area contributed by atoms with E-state index in [0.29, 0.717) is 23.6 Å². The van der Waals surface area contributed by atoms with E-state index in [9.17, 15) is 15.3 Å². The van der Waals surface area contributed by atoms with E-state index >= 15 is 0 Å². The molecule has 0 spiro atoms. The molecule has 2 aromatic heterocycles. The van der Waals surface area contributed by atoms with Crippen molar-refractivity contribution in [2.75, 3.05) is 18.7 Å². The smallest absolute Gasteiger partial charge is 0.181 e. The first-order chi connectivity index (χ1) is 11.0. The molecular weight excluding hydrogens is 306 g/mol. The lowest BCUT2D eigenvalue weighted by molar-refractivity contribution is -0.0950. The quantitative estimate of drug-likeness (QED) is 0.520. The van der Waals surface area contributed by atoms with Gasteiger partial charge in [-0.25, -0.2) is 20.4 Å². The molecule has 0 radical (unpaired) electrons. The van der Waals surface area contributed by atoms with E-state index in [4.69, 9.17) is 9.57 Å². The van der Waals surface area contributed by atoms with Crippen molar-refractivity contribution >= 4 is 17.0 Å². The van der Waals surface area contributed by atoms with Crippen LogP contribution in [0.15, 0.2) is 12.7 Å². The first kappa shape index (κ1) is 16.0. The Bertz CT molecular complexity index is 690. The molecule has 10 nitrogen and oxygen atoms in total. The number of aliphatic hydroxyl groups is 3. The minimum atomic E-state index is -1.61. The van der Waals surface area contributed by atoms with Gasteiger partial charge in [0.05, 0.1) is 19.5 Å². The van der Waals surface area contributed by atoms with Gasteiger partial charge in [-0.2, -0.15) is 0 Å². The molecule has 0 aliphatic carbocycles. The van der Waals surface area contributed by atoms with Gasteiger partial charge < -0.3 is 20.1 Å². The fraction of sp³-hybridized carbons (Fsp3) is 0.615. The van der Waals surface area contributed by atoms with Crippen LogP contribution >= 0.6 is 0 Å².